The van der Waals surface area contributed by atoms with Crippen molar-refractivity contribution in [2.75, 3.05) is 25.0 Å². The highest BCUT2D eigenvalue weighted by Gasteiger charge is 2.40. The van der Waals surface area contributed by atoms with Gasteiger partial charge in [0.15, 0.2) is 0 Å². The minimum absolute atomic E-state index is 0.0577. The highest BCUT2D eigenvalue weighted by atomic mass is 19.4. The summed E-state index contributed by atoms with van der Waals surface area (Å²) in [6.07, 6.45) is -3.56. The number of rotatable bonds is 4. The van der Waals surface area contributed by atoms with Crippen molar-refractivity contribution in [1.29, 1.82) is 0 Å². The summed E-state index contributed by atoms with van der Waals surface area (Å²) >= 11 is 0. The zero-order valence-corrected chi connectivity index (χ0v) is 12.1. The van der Waals surface area contributed by atoms with E-state index >= 15 is 0 Å². The average Bonchev–Trinajstić information content (AvgIpc) is 2.74. The number of anilines is 1. The summed E-state index contributed by atoms with van der Waals surface area (Å²) in [4.78, 5) is 2.07. The third-order valence-electron chi connectivity index (χ3n) is 3.89. The van der Waals surface area contributed by atoms with Crippen LogP contribution >= 0.6 is 0 Å². The van der Waals surface area contributed by atoms with Crippen LogP contribution < -0.4 is 10.2 Å². The fraction of sp³-hybridized carbons (Fsp3) is 0.600. The second-order valence-electron chi connectivity index (χ2n) is 5.57. The average molecular weight is 286 g/mol. The van der Waals surface area contributed by atoms with Gasteiger partial charge in [0, 0.05) is 24.2 Å². The Labute approximate surface area is 118 Å². The Balaban J connectivity index is 2.46. The second-order valence-corrected chi connectivity index (χ2v) is 5.57. The van der Waals surface area contributed by atoms with Crippen molar-refractivity contribution in [3.05, 3.63) is 29.3 Å². The summed E-state index contributed by atoms with van der Waals surface area (Å²) in [5.74, 6) is -0.0577. The van der Waals surface area contributed by atoms with Gasteiger partial charge in [0.2, 0.25) is 0 Å². The normalized spacial score (nSPS) is 18.8. The van der Waals surface area contributed by atoms with Gasteiger partial charge in [-0.1, -0.05) is 6.07 Å². The molecular weight excluding hydrogens is 265 g/mol. The van der Waals surface area contributed by atoms with E-state index in [1.807, 2.05) is 27.0 Å². The van der Waals surface area contributed by atoms with E-state index in [1.54, 1.807) is 0 Å². The van der Waals surface area contributed by atoms with Gasteiger partial charge < -0.3 is 10.2 Å². The maximum absolute atomic E-state index is 13.2. The van der Waals surface area contributed by atoms with Crippen LogP contribution in [0.15, 0.2) is 18.2 Å². The Kier molecular flexibility index (Phi) is 4.28. The summed E-state index contributed by atoms with van der Waals surface area (Å²) < 4.78 is 39.7. The maximum atomic E-state index is 13.2. The van der Waals surface area contributed by atoms with E-state index in [9.17, 15) is 13.2 Å². The van der Waals surface area contributed by atoms with Gasteiger partial charge in [-0.05, 0) is 51.6 Å². The van der Waals surface area contributed by atoms with Crippen LogP contribution in [-0.4, -0.2) is 26.2 Å². The molecule has 1 aliphatic heterocycles. The molecular formula is C15H21F3N2. The number of hydrogen-bond acceptors (Lipinski definition) is 2. The molecule has 1 aliphatic rings. The summed E-state index contributed by atoms with van der Waals surface area (Å²) in [6, 6.07) is 4.73. The molecule has 1 aromatic carbocycles. The Morgan fingerprint density at radius 1 is 1.35 bits per heavy atom. The molecule has 0 aromatic heterocycles. The SMILES string of the molecule is CNCCC1CN(C(C)C)c2cccc(C(F)(F)F)c21. The van der Waals surface area contributed by atoms with Crippen molar-refractivity contribution in [3.8, 4) is 0 Å². The van der Waals surface area contributed by atoms with E-state index in [4.69, 9.17) is 0 Å². The first-order valence-corrected chi connectivity index (χ1v) is 6.97. The Bertz CT molecular complexity index is 469. The molecule has 0 saturated heterocycles. The lowest BCUT2D eigenvalue weighted by Gasteiger charge is -2.24. The quantitative estimate of drug-likeness (QED) is 0.909. The van der Waals surface area contributed by atoms with Gasteiger partial charge >= 0.3 is 6.18 Å². The monoisotopic (exact) mass is 286 g/mol. The van der Waals surface area contributed by atoms with Crippen molar-refractivity contribution in [3.63, 3.8) is 0 Å². The van der Waals surface area contributed by atoms with Gasteiger partial charge in [0.05, 0.1) is 5.56 Å². The number of halogens is 3. The zero-order valence-electron chi connectivity index (χ0n) is 12.1. The van der Waals surface area contributed by atoms with Crippen LogP contribution in [0.4, 0.5) is 18.9 Å². The minimum atomic E-state index is -4.28. The molecule has 1 N–H and O–H groups in total. The van der Waals surface area contributed by atoms with E-state index < -0.39 is 11.7 Å². The van der Waals surface area contributed by atoms with Crippen molar-refractivity contribution in [2.24, 2.45) is 0 Å². The van der Waals surface area contributed by atoms with E-state index in [0.29, 0.717) is 12.1 Å². The van der Waals surface area contributed by atoms with E-state index in [1.165, 1.54) is 12.1 Å². The number of alkyl halides is 3. The lowest BCUT2D eigenvalue weighted by molar-refractivity contribution is -0.138. The minimum Gasteiger partial charge on any atom is -0.368 e. The molecule has 112 valence electrons. The maximum Gasteiger partial charge on any atom is 0.416 e. The van der Waals surface area contributed by atoms with E-state index in [0.717, 1.165) is 18.7 Å². The molecule has 0 saturated carbocycles. The molecule has 0 radical (unpaired) electrons. The van der Waals surface area contributed by atoms with Crippen molar-refractivity contribution < 1.29 is 13.2 Å². The smallest absolute Gasteiger partial charge is 0.368 e. The number of hydrogen-bond donors (Lipinski definition) is 1. The van der Waals surface area contributed by atoms with Crippen LogP contribution in [0.25, 0.3) is 0 Å². The first-order valence-electron chi connectivity index (χ1n) is 6.97. The standard InChI is InChI=1S/C15H21F3N2/c1-10(2)20-9-11(7-8-19-3)14-12(15(16,17)18)5-4-6-13(14)20/h4-6,10-11,19H,7-9H2,1-3H3. The Morgan fingerprint density at radius 3 is 2.60 bits per heavy atom. The van der Waals surface area contributed by atoms with Gasteiger partial charge in [-0.25, -0.2) is 0 Å². The molecule has 1 atom stereocenters. The summed E-state index contributed by atoms with van der Waals surface area (Å²) in [6.45, 7) is 5.43. The summed E-state index contributed by atoms with van der Waals surface area (Å²) in [5, 5.41) is 3.03. The highest BCUT2D eigenvalue weighted by Crippen LogP contribution is 2.46. The van der Waals surface area contributed by atoms with E-state index in [-0.39, 0.29) is 12.0 Å². The molecule has 0 fully saturated rings. The van der Waals surface area contributed by atoms with Crippen LogP contribution in [-0.2, 0) is 6.18 Å². The first-order chi connectivity index (χ1) is 9.36. The third kappa shape index (κ3) is 2.77. The van der Waals surface area contributed by atoms with Gasteiger partial charge in [0.1, 0.15) is 0 Å². The molecule has 0 spiro atoms. The van der Waals surface area contributed by atoms with Crippen LogP contribution in [0.3, 0.4) is 0 Å². The van der Waals surface area contributed by atoms with Crippen molar-refractivity contribution in [2.45, 2.75) is 38.4 Å². The zero-order chi connectivity index (χ0) is 14.9. The number of benzene rings is 1. The van der Waals surface area contributed by atoms with Crippen LogP contribution in [0, 0.1) is 0 Å². The van der Waals surface area contributed by atoms with Crippen molar-refractivity contribution in [1.82, 2.24) is 5.32 Å². The lowest BCUT2D eigenvalue weighted by atomic mass is 9.93. The molecule has 5 heteroatoms. The Morgan fingerprint density at radius 2 is 2.05 bits per heavy atom. The fourth-order valence-electron chi connectivity index (χ4n) is 2.95. The molecule has 0 bridgehead atoms. The van der Waals surface area contributed by atoms with Gasteiger partial charge in [-0.2, -0.15) is 13.2 Å². The molecule has 0 aliphatic carbocycles. The van der Waals surface area contributed by atoms with Crippen LogP contribution in [0.1, 0.15) is 37.3 Å². The lowest BCUT2D eigenvalue weighted by Crippen LogP contribution is -2.29. The first kappa shape index (κ1) is 15.2. The Hall–Kier alpha value is -1.23. The topological polar surface area (TPSA) is 15.3 Å². The highest BCUT2D eigenvalue weighted by molar-refractivity contribution is 5.64. The molecule has 1 aromatic rings. The fourth-order valence-corrected chi connectivity index (χ4v) is 2.95. The molecule has 20 heavy (non-hydrogen) atoms. The third-order valence-corrected chi connectivity index (χ3v) is 3.89. The second kappa shape index (κ2) is 5.64. The molecule has 0 amide bonds. The van der Waals surface area contributed by atoms with Gasteiger partial charge in [0.25, 0.3) is 0 Å². The number of nitrogens with one attached hydrogen (secondary N) is 1. The van der Waals surface area contributed by atoms with Crippen LogP contribution in [0.5, 0.6) is 0 Å². The largest absolute Gasteiger partial charge is 0.416 e. The molecule has 1 heterocycles. The predicted molar refractivity (Wildman–Crippen MR) is 75.2 cm³/mol. The van der Waals surface area contributed by atoms with Gasteiger partial charge in [-0.15, -0.1) is 0 Å². The summed E-state index contributed by atoms with van der Waals surface area (Å²) in [5.41, 5.74) is 0.749. The predicted octanol–water partition coefficient (Wildman–Crippen LogP) is 3.63. The van der Waals surface area contributed by atoms with Crippen molar-refractivity contribution >= 4 is 5.69 Å². The summed E-state index contributed by atoms with van der Waals surface area (Å²) in [7, 11) is 1.83. The number of fused-ring (bicyclic) bond motifs is 1. The molecule has 1 unspecified atom stereocenters. The molecule has 2 rings (SSSR count). The van der Waals surface area contributed by atoms with Gasteiger partial charge in [-0.3, -0.25) is 0 Å². The van der Waals surface area contributed by atoms with Crippen LogP contribution in [0.2, 0.25) is 0 Å². The number of nitrogens with zero attached hydrogens (tertiary/aromatic N) is 1. The van der Waals surface area contributed by atoms with E-state index in [2.05, 4.69) is 10.2 Å². The molecule has 2 nitrogen and oxygen atoms in total.